The van der Waals surface area contributed by atoms with Crippen molar-refractivity contribution < 1.29 is 14.3 Å². The molecule has 16 heavy (non-hydrogen) atoms. The quantitative estimate of drug-likeness (QED) is 0.685. The van der Waals surface area contributed by atoms with Crippen LogP contribution in [0.25, 0.3) is 0 Å². The van der Waals surface area contributed by atoms with Gasteiger partial charge in [-0.3, -0.25) is 9.59 Å². The van der Waals surface area contributed by atoms with Crippen molar-refractivity contribution in [2.75, 3.05) is 20.2 Å². The van der Waals surface area contributed by atoms with E-state index in [0.29, 0.717) is 6.54 Å². The molecule has 0 N–H and O–H groups in total. The van der Waals surface area contributed by atoms with E-state index in [0.717, 1.165) is 19.4 Å². The van der Waals surface area contributed by atoms with Crippen molar-refractivity contribution >= 4 is 11.9 Å². The summed E-state index contributed by atoms with van der Waals surface area (Å²) in [6.45, 7) is 6.77. The summed E-state index contributed by atoms with van der Waals surface area (Å²) in [7, 11) is 1.38. The lowest BCUT2D eigenvalue weighted by Crippen LogP contribution is -2.47. The van der Waals surface area contributed by atoms with Crippen LogP contribution in [-0.2, 0) is 14.3 Å². The molecule has 1 amide bonds. The van der Waals surface area contributed by atoms with Gasteiger partial charge in [-0.05, 0) is 26.7 Å². The van der Waals surface area contributed by atoms with Crippen LogP contribution in [-0.4, -0.2) is 37.0 Å². The van der Waals surface area contributed by atoms with Crippen LogP contribution in [0.2, 0.25) is 0 Å². The van der Waals surface area contributed by atoms with E-state index < -0.39 is 5.41 Å². The molecule has 1 heterocycles. The maximum atomic E-state index is 11.9. The van der Waals surface area contributed by atoms with Crippen molar-refractivity contribution in [2.24, 2.45) is 11.3 Å². The molecule has 4 heteroatoms. The minimum atomic E-state index is -0.624. The molecule has 1 saturated heterocycles. The molecule has 0 spiro atoms. The number of piperidine rings is 1. The van der Waals surface area contributed by atoms with Gasteiger partial charge in [0.1, 0.15) is 0 Å². The second kappa shape index (κ2) is 4.85. The summed E-state index contributed by atoms with van der Waals surface area (Å²) in [6.07, 6.45) is 1.97. The van der Waals surface area contributed by atoms with Gasteiger partial charge in [-0.25, -0.2) is 0 Å². The zero-order valence-electron chi connectivity index (χ0n) is 10.6. The maximum Gasteiger partial charge on any atom is 0.313 e. The Labute approximate surface area is 96.9 Å². The van der Waals surface area contributed by atoms with Crippen molar-refractivity contribution in [3.63, 3.8) is 0 Å². The zero-order valence-corrected chi connectivity index (χ0v) is 10.6. The molecule has 0 aliphatic carbocycles. The summed E-state index contributed by atoms with van der Waals surface area (Å²) < 4.78 is 4.74. The summed E-state index contributed by atoms with van der Waals surface area (Å²) in [4.78, 5) is 25.2. The summed E-state index contributed by atoms with van der Waals surface area (Å²) >= 11 is 0. The van der Waals surface area contributed by atoms with Crippen LogP contribution in [0.1, 0.15) is 33.6 Å². The van der Waals surface area contributed by atoms with Gasteiger partial charge < -0.3 is 9.64 Å². The number of likely N-dealkylation sites (tertiary alicyclic amines) is 1. The molecule has 1 rings (SSSR count). The third-order valence-corrected chi connectivity index (χ3v) is 3.12. The van der Waals surface area contributed by atoms with Crippen LogP contribution in [0.15, 0.2) is 0 Å². The number of carbonyl (C=O) groups is 2. The van der Waals surface area contributed by atoms with Gasteiger partial charge in [-0.15, -0.1) is 0 Å². The summed E-state index contributed by atoms with van der Waals surface area (Å²) in [5, 5.41) is 0. The van der Waals surface area contributed by atoms with Gasteiger partial charge in [0.2, 0.25) is 5.91 Å². The predicted octanol–water partition coefficient (Wildman–Crippen LogP) is 1.44. The number of ether oxygens (including phenoxy) is 1. The molecule has 0 aromatic rings. The maximum absolute atomic E-state index is 11.9. The number of carbonyl (C=O) groups excluding carboxylic acids is 2. The van der Waals surface area contributed by atoms with Crippen molar-refractivity contribution in [1.82, 2.24) is 4.90 Å². The SMILES string of the molecule is COC(=O)C(C)(C)CN1CCCC(C)C1=O. The number of hydrogen-bond donors (Lipinski definition) is 0. The summed E-state index contributed by atoms with van der Waals surface area (Å²) in [5.74, 6) is -0.0241. The molecule has 0 saturated carbocycles. The molecule has 0 aromatic carbocycles. The van der Waals surface area contributed by atoms with Crippen molar-refractivity contribution in [3.05, 3.63) is 0 Å². The number of nitrogens with zero attached hydrogens (tertiary/aromatic N) is 1. The van der Waals surface area contributed by atoms with Crippen LogP contribution in [0, 0.1) is 11.3 Å². The first-order valence-corrected chi connectivity index (χ1v) is 5.75. The molecule has 1 fully saturated rings. The number of rotatable bonds is 3. The monoisotopic (exact) mass is 227 g/mol. The Morgan fingerprint density at radius 1 is 1.56 bits per heavy atom. The zero-order chi connectivity index (χ0) is 12.3. The number of hydrogen-bond acceptors (Lipinski definition) is 3. The van der Waals surface area contributed by atoms with Gasteiger partial charge in [-0.2, -0.15) is 0 Å². The Bertz CT molecular complexity index is 286. The molecule has 4 nitrogen and oxygen atoms in total. The van der Waals surface area contributed by atoms with E-state index in [-0.39, 0.29) is 17.8 Å². The first-order valence-electron chi connectivity index (χ1n) is 5.75. The van der Waals surface area contributed by atoms with Gasteiger partial charge >= 0.3 is 5.97 Å². The Hall–Kier alpha value is -1.06. The highest BCUT2D eigenvalue weighted by Gasteiger charge is 2.35. The first-order chi connectivity index (χ1) is 7.38. The average molecular weight is 227 g/mol. The van der Waals surface area contributed by atoms with Crippen LogP contribution in [0.5, 0.6) is 0 Å². The second-order valence-electron chi connectivity index (χ2n) is 5.18. The molecule has 1 aliphatic rings. The Kier molecular flexibility index (Phi) is 3.94. The second-order valence-corrected chi connectivity index (χ2v) is 5.18. The predicted molar refractivity (Wildman–Crippen MR) is 60.8 cm³/mol. The minimum Gasteiger partial charge on any atom is -0.469 e. The summed E-state index contributed by atoms with van der Waals surface area (Å²) in [6, 6.07) is 0. The van der Waals surface area contributed by atoms with Crippen molar-refractivity contribution in [1.29, 1.82) is 0 Å². The van der Waals surface area contributed by atoms with E-state index in [2.05, 4.69) is 0 Å². The van der Waals surface area contributed by atoms with Gasteiger partial charge in [0.15, 0.2) is 0 Å². The normalized spacial score (nSPS) is 22.1. The van der Waals surface area contributed by atoms with Gasteiger partial charge in [0, 0.05) is 19.0 Å². The van der Waals surface area contributed by atoms with Gasteiger partial charge in [0.25, 0.3) is 0 Å². The highest BCUT2D eigenvalue weighted by Crippen LogP contribution is 2.24. The van der Waals surface area contributed by atoms with E-state index >= 15 is 0 Å². The Morgan fingerprint density at radius 3 is 2.75 bits per heavy atom. The fraction of sp³-hybridized carbons (Fsp3) is 0.833. The summed E-state index contributed by atoms with van der Waals surface area (Å²) in [5.41, 5.74) is -0.624. The third-order valence-electron chi connectivity index (χ3n) is 3.12. The highest BCUT2D eigenvalue weighted by atomic mass is 16.5. The van der Waals surface area contributed by atoms with Crippen LogP contribution < -0.4 is 0 Å². The highest BCUT2D eigenvalue weighted by molar-refractivity contribution is 5.81. The molecule has 0 radical (unpaired) electrons. The van der Waals surface area contributed by atoms with E-state index in [1.165, 1.54) is 7.11 Å². The smallest absolute Gasteiger partial charge is 0.313 e. The van der Waals surface area contributed by atoms with E-state index in [1.807, 2.05) is 20.8 Å². The Morgan fingerprint density at radius 2 is 2.19 bits per heavy atom. The standard InChI is InChI=1S/C12H21NO3/c1-9-6-5-7-13(10(9)14)8-12(2,3)11(15)16-4/h9H,5-8H2,1-4H3. The Balaban J connectivity index is 2.65. The van der Waals surface area contributed by atoms with Crippen molar-refractivity contribution in [3.8, 4) is 0 Å². The molecule has 0 bridgehead atoms. The fourth-order valence-corrected chi connectivity index (χ4v) is 2.11. The van der Waals surface area contributed by atoms with Gasteiger partial charge in [0.05, 0.1) is 12.5 Å². The number of amides is 1. The fourth-order valence-electron chi connectivity index (χ4n) is 2.11. The molecule has 1 aliphatic heterocycles. The number of esters is 1. The van der Waals surface area contributed by atoms with Crippen LogP contribution >= 0.6 is 0 Å². The molecular weight excluding hydrogens is 206 g/mol. The lowest BCUT2D eigenvalue weighted by molar-refractivity contribution is -0.154. The third kappa shape index (κ3) is 2.74. The van der Waals surface area contributed by atoms with Crippen LogP contribution in [0.3, 0.4) is 0 Å². The molecule has 92 valence electrons. The van der Waals surface area contributed by atoms with Crippen LogP contribution in [0.4, 0.5) is 0 Å². The van der Waals surface area contributed by atoms with E-state index in [1.54, 1.807) is 4.90 Å². The molecule has 1 atom stereocenters. The molecule has 0 aromatic heterocycles. The minimum absolute atomic E-state index is 0.0854. The van der Waals surface area contributed by atoms with E-state index in [4.69, 9.17) is 4.74 Å². The average Bonchev–Trinajstić information content (AvgIpc) is 2.23. The topological polar surface area (TPSA) is 46.6 Å². The van der Waals surface area contributed by atoms with Crippen molar-refractivity contribution in [2.45, 2.75) is 33.6 Å². The van der Waals surface area contributed by atoms with Gasteiger partial charge in [-0.1, -0.05) is 6.92 Å². The van der Waals surface area contributed by atoms with E-state index in [9.17, 15) is 9.59 Å². The molecular formula is C12H21NO3. The molecule has 1 unspecified atom stereocenters. The lowest BCUT2D eigenvalue weighted by atomic mass is 9.90. The number of methoxy groups -OCH3 is 1. The largest absolute Gasteiger partial charge is 0.469 e. The first kappa shape index (κ1) is 13.0. The lowest BCUT2D eigenvalue weighted by Gasteiger charge is -2.35.